The minimum Gasteiger partial charge on any atom is -0.481 e. The molecular weight excluding hydrogens is 388 g/mol. The monoisotopic (exact) mass is 410 g/mol. The maximum absolute atomic E-state index is 12.7. The van der Waals surface area contributed by atoms with E-state index in [2.05, 4.69) is 4.74 Å². The van der Waals surface area contributed by atoms with Crippen molar-refractivity contribution in [2.24, 2.45) is 0 Å². The van der Waals surface area contributed by atoms with E-state index < -0.39 is 11.9 Å². The minimum atomic E-state index is -0.474. The van der Waals surface area contributed by atoms with Crippen LogP contribution >= 0.6 is 0 Å². The number of hydrogen-bond acceptors (Lipinski definition) is 7. The van der Waals surface area contributed by atoms with Crippen LogP contribution < -0.4 is 9.47 Å². The number of Topliss-reactive ketones (excluding diaryl/α,β-unsaturated/α-hetero) is 1. The first-order chi connectivity index (χ1) is 14.3. The van der Waals surface area contributed by atoms with Crippen molar-refractivity contribution in [1.82, 2.24) is 0 Å². The van der Waals surface area contributed by atoms with Crippen molar-refractivity contribution in [3.05, 3.63) is 64.4 Å². The van der Waals surface area contributed by atoms with E-state index in [0.29, 0.717) is 33.8 Å². The number of allylic oxidation sites excluding steroid dienone is 1. The summed E-state index contributed by atoms with van der Waals surface area (Å²) < 4.78 is 21.0. The number of hydrogen-bond donors (Lipinski definition) is 0. The lowest BCUT2D eigenvalue weighted by atomic mass is 10.1. The molecule has 1 heterocycles. The van der Waals surface area contributed by atoms with Gasteiger partial charge in [-0.05, 0) is 56.7 Å². The van der Waals surface area contributed by atoms with Gasteiger partial charge < -0.3 is 18.9 Å². The van der Waals surface area contributed by atoms with Crippen molar-refractivity contribution < 1.29 is 33.3 Å². The average molecular weight is 410 g/mol. The quantitative estimate of drug-likeness (QED) is 0.530. The van der Waals surface area contributed by atoms with Gasteiger partial charge in [0.2, 0.25) is 5.78 Å². The Bertz CT molecular complexity index is 1020. The van der Waals surface area contributed by atoms with Crippen molar-refractivity contribution >= 4 is 23.8 Å². The highest BCUT2D eigenvalue weighted by Gasteiger charge is 2.30. The third kappa shape index (κ3) is 4.51. The van der Waals surface area contributed by atoms with E-state index in [1.54, 1.807) is 63.2 Å². The molecular formula is C23H22O7. The maximum atomic E-state index is 12.7. The molecule has 0 saturated carbocycles. The Labute approximate surface area is 174 Å². The normalized spacial score (nSPS) is 13.8. The van der Waals surface area contributed by atoms with Crippen LogP contribution in [-0.2, 0) is 14.3 Å². The van der Waals surface area contributed by atoms with E-state index in [0.717, 1.165) is 0 Å². The van der Waals surface area contributed by atoms with E-state index in [9.17, 15) is 14.4 Å². The molecule has 0 bridgehead atoms. The molecule has 0 spiro atoms. The van der Waals surface area contributed by atoms with Gasteiger partial charge in [-0.25, -0.2) is 9.59 Å². The zero-order valence-electron chi connectivity index (χ0n) is 17.2. The van der Waals surface area contributed by atoms with Gasteiger partial charge in [0.05, 0.1) is 24.3 Å². The lowest BCUT2D eigenvalue weighted by Gasteiger charge is -2.12. The molecule has 1 aliphatic heterocycles. The molecule has 7 nitrogen and oxygen atoms in total. The molecule has 156 valence electrons. The van der Waals surface area contributed by atoms with E-state index in [4.69, 9.17) is 14.2 Å². The number of carbonyl (C=O) groups excluding carboxylic acids is 3. The van der Waals surface area contributed by atoms with Gasteiger partial charge in [-0.2, -0.15) is 0 Å². The fourth-order valence-corrected chi connectivity index (χ4v) is 2.94. The highest BCUT2D eigenvalue weighted by Crippen LogP contribution is 2.39. The van der Waals surface area contributed by atoms with Crippen molar-refractivity contribution in [3.8, 4) is 11.5 Å². The lowest BCUT2D eigenvalue weighted by molar-refractivity contribution is -0.149. The van der Waals surface area contributed by atoms with Crippen molar-refractivity contribution in [2.75, 3.05) is 13.7 Å². The molecule has 0 N–H and O–H groups in total. The third-order valence-corrected chi connectivity index (χ3v) is 4.38. The van der Waals surface area contributed by atoms with Gasteiger partial charge in [-0.1, -0.05) is 12.1 Å². The Morgan fingerprint density at radius 2 is 1.80 bits per heavy atom. The molecule has 3 rings (SSSR count). The van der Waals surface area contributed by atoms with E-state index in [1.807, 2.05) is 0 Å². The molecule has 2 aromatic carbocycles. The molecule has 0 fully saturated rings. The van der Waals surface area contributed by atoms with Gasteiger partial charge in [0, 0.05) is 5.56 Å². The smallest absolute Gasteiger partial charge is 0.344 e. The first kappa shape index (κ1) is 21.1. The third-order valence-electron chi connectivity index (χ3n) is 4.38. The fourth-order valence-electron chi connectivity index (χ4n) is 2.94. The highest BCUT2D eigenvalue weighted by atomic mass is 16.6. The molecule has 0 aromatic heterocycles. The van der Waals surface area contributed by atoms with Crippen molar-refractivity contribution in [1.29, 1.82) is 0 Å². The van der Waals surface area contributed by atoms with Crippen LogP contribution in [0.3, 0.4) is 0 Å². The number of methoxy groups -OCH3 is 1. The van der Waals surface area contributed by atoms with Crippen LogP contribution in [-0.4, -0.2) is 37.5 Å². The Kier molecular flexibility index (Phi) is 6.20. The second-order valence-electron chi connectivity index (χ2n) is 6.95. The number of carbonyl (C=O) groups is 3. The van der Waals surface area contributed by atoms with Gasteiger partial charge in [0.25, 0.3) is 0 Å². The molecule has 0 radical (unpaired) electrons. The lowest BCUT2D eigenvalue weighted by Crippen LogP contribution is -2.19. The minimum absolute atomic E-state index is 0.162. The zero-order chi connectivity index (χ0) is 21.8. The van der Waals surface area contributed by atoms with Crippen LogP contribution in [0.4, 0.5) is 0 Å². The van der Waals surface area contributed by atoms with Crippen LogP contribution in [0.15, 0.2) is 42.2 Å². The largest absolute Gasteiger partial charge is 0.481 e. The number of ether oxygens (including phenoxy) is 4. The predicted molar refractivity (Wildman–Crippen MR) is 109 cm³/mol. The molecule has 0 unspecified atom stereocenters. The Morgan fingerprint density at radius 1 is 1.10 bits per heavy atom. The van der Waals surface area contributed by atoms with Gasteiger partial charge in [-0.15, -0.1) is 0 Å². The summed E-state index contributed by atoms with van der Waals surface area (Å²) in [6.07, 6.45) is 1.38. The second-order valence-corrected chi connectivity index (χ2v) is 6.95. The predicted octanol–water partition coefficient (Wildman–Crippen LogP) is 3.73. The molecule has 1 aliphatic rings. The van der Waals surface area contributed by atoms with Crippen LogP contribution in [0.2, 0.25) is 0 Å². The summed E-state index contributed by atoms with van der Waals surface area (Å²) in [6.45, 7) is 5.04. The summed E-state index contributed by atoms with van der Waals surface area (Å²) in [5.41, 5.74) is 2.14. The molecule has 0 amide bonds. The number of esters is 2. The van der Waals surface area contributed by atoms with Crippen LogP contribution in [0.5, 0.6) is 11.5 Å². The average Bonchev–Trinajstić information content (AvgIpc) is 3.03. The summed E-state index contributed by atoms with van der Waals surface area (Å²) >= 11 is 0. The van der Waals surface area contributed by atoms with Crippen LogP contribution in [0.1, 0.15) is 45.7 Å². The molecule has 30 heavy (non-hydrogen) atoms. The van der Waals surface area contributed by atoms with E-state index >= 15 is 0 Å². The molecule has 7 heteroatoms. The Balaban J connectivity index is 1.77. The SMILES string of the molecule is COC(=O)c1ccc(/C=C2\Oc3c(ccc(OCC(=O)OC(C)C)c3C)C2=O)cc1. The van der Waals surface area contributed by atoms with E-state index in [1.165, 1.54) is 7.11 Å². The summed E-state index contributed by atoms with van der Waals surface area (Å²) in [4.78, 5) is 35.9. The van der Waals surface area contributed by atoms with Gasteiger partial charge in [0.15, 0.2) is 12.4 Å². The molecule has 0 saturated heterocycles. The van der Waals surface area contributed by atoms with Crippen LogP contribution in [0, 0.1) is 6.92 Å². The first-order valence-electron chi connectivity index (χ1n) is 9.38. The Hall–Kier alpha value is -3.61. The second kappa shape index (κ2) is 8.82. The Morgan fingerprint density at radius 3 is 2.43 bits per heavy atom. The summed E-state index contributed by atoms with van der Waals surface area (Å²) in [5, 5.41) is 0. The van der Waals surface area contributed by atoms with Crippen LogP contribution in [0.25, 0.3) is 6.08 Å². The highest BCUT2D eigenvalue weighted by molar-refractivity contribution is 6.15. The van der Waals surface area contributed by atoms with E-state index in [-0.39, 0.29) is 24.3 Å². The van der Waals surface area contributed by atoms with Crippen molar-refractivity contribution in [3.63, 3.8) is 0 Å². The number of benzene rings is 2. The molecule has 0 atom stereocenters. The summed E-state index contributed by atoms with van der Waals surface area (Å²) in [6, 6.07) is 9.85. The number of rotatable bonds is 6. The van der Waals surface area contributed by atoms with Gasteiger partial charge in [0.1, 0.15) is 11.5 Å². The first-order valence-corrected chi connectivity index (χ1v) is 9.38. The fraction of sp³-hybridized carbons (Fsp3) is 0.261. The number of fused-ring (bicyclic) bond motifs is 1. The summed E-state index contributed by atoms with van der Waals surface area (Å²) in [7, 11) is 1.31. The maximum Gasteiger partial charge on any atom is 0.344 e. The van der Waals surface area contributed by atoms with Gasteiger partial charge in [-0.3, -0.25) is 4.79 Å². The summed E-state index contributed by atoms with van der Waals surface area (Å²) in [5.74, 6) is -0.169. The topological polar surface area (TPSA) is 88.1 Å². The molecule has 2 aromatic rings. The van der Waals surface area contributed by atoms with Crippen molar-refractivity contribution in [2.45, 2.75) is 26.9 Å². The number of ketones is 1. The van der Waals surface area contributed by atoms with Gasteiger partial charge >= 0.3 is 11.9 Å². The molecule has 0 aliphatic carbocycles. The zero-order valence-corrected chi connectivity index (χ0v) is 17.2. The standard InChI is InChI=1S/C23H22O7/c1-13(2)29-20(24)12-28-18-10-9-17-21(25)19(30-22(17)14(18)3)11-15-5-7-16(8-6-15)23(26)27-4/h5-11,13H,12H2,1-4H3/b19-11-.